The third-order valence-electron chi connectivity index (χ3n) is 2.79. The van der Waals surface area contributed by atoms with Gasteiger partial charge in [-0.2, -0.15) is 4.98 Å². The van der Waals surface area contributed by atoms with E-state index in [0.29, 0.717) is 5.76 Å². The topological polar surface area (TPSA) is 70.5 Å². The molecule has 0 bridgehead atoms. The Kier molecular flexibility index (Phi) is 2.01. The van der Waals surface area contributed by atoms with E-state index >= 15 is 0 Å². The van der Waals surface area contributed by atoms with Gasteiger partial charge in [-0.3, -0.25) is 0 Å². The largest absolute Gasteiger partial charge is 0.454 e. The minimum atomic E-state index is 0.176. The molecule has 0 aliphatic carbocycles. The van der Waals surface area contributed by atoms with Gasteiger partial charge in [0.1, 0.15) is 11.5 Å². The van der Waals surface area contributed by atoms with Gasteiger partial charge in [-0.1, -0.05) is 0 Å². The summed E-state index contributed by atoms with van der Waals surface area (Å²) in [5, 5.41) is 0. The zero-order valence-electron chi connectivity index (χ0n) is 9.61. The number of aryl methyl sites for hydroxylation is 2. The van der Waals surface area contributed by atoms with E-state index in [1.54, 1.807) is 0 Å². The summed E-state index contributed by atoms with van der Waals surface area (Å²) < 4.78 is 15.9. The Morgan fingerprint density at radius 1 is 1.18 bits per heavy atom. The standard InChI is InChI=1S/C12H12N2O3/c1-6-3-9-10(16-5-15-9)4-8(6)11-7(2)17-12(13)14-11/h3-4H,5H2,1-2H3,(H2,13,14). The maximum atomic E-state index is 5.55. The SMILES string of the molecule is Cc1cc2c(cc1-c1nc(N)oc1C)OCO2. The molecule has 0 spiro atoms. The molecule has 1 aliphatic heterocycles. The summed E-state index contributed by atoms with van der Waals surface area (Å²) in [7, 11) is 0. The normalized spacial score (nSPS) is 13.1. The lowest BCUT2D eigenvalue weighted by Crippen LogP contribution is -1.92. The molecular weight excluding hydrogens is 220 g/mol. The van der Waals surface area contributed by atoms with Crippen molar-refractivity contribution in [1.82, 2.24) is 4.98 Å². The zero-order chi connectivity index (χ0) is 12.0. The number of hydrogen-bond acceptors (Lipinski definition) is 5. The summed E-state index contributed by atoms with van der Waals surface area (Å²) in [5.74, 6) is 2.19. The van der Waals surface area contributed by atoms with Crippen molar-refractivity contribution in [2.45, 2.75) is 13.8 Å². The Balaban J connectivity index is 2.18. The molecular formula is C12H12N2O3. The molecule has 0 saturated carbocycles. The first-order chi connectivity index (χ1) is 8.15. The highest BCUT2D eigenvalue weighted by molar-refractivity contribution is 5.70. The number of fused-ring (bicyclic) bond motifs is 1. The van der Waals surface area contributed by atoms with Gasteiger partial charge in [-0.05, 0) is 31.5 Å². The molecule has 2 heterocycles. The van der Waals surface area contributed by atoms with Gasteiger partial charge in [-0.25, -0.2) is 0 Å². The third-order valence-corrected chi connectivity index (χ3v) is 2.79. The number of ether oxygens (including phenoxy) is 2. The zero-order valence-corrected chi connectivity index (χ0v) is 9.61. The lowest BCUT2D eigenvalue weighted by atomic mass is 10.0. The molecule has 1 aliphatic rings. The van der Waals surface area contributed by atoms with E-state index in [1.807, 2.05) is 26.0 Å². The molecule has 0 saturated heterocycles. The number of oxazole rings is 1. The van der Waals surface area contributed by atoms with Crippen LogP contribution in [0.25, 0.3) is 11.3 Å². The van der Waals surface area contributed by atoms with Crippen LogP contribution < -0.4 is 15.2 Å². The van der Waals surface area contributed by atoms with Crippen LogP contribution in [0.1, 0.15) is 11.3 Å². The van der Waals surface area contributed by atoms with Gasteiger partial charge >= 0.3 is 0 Å². The number of rotatable bonds is 1. The van der Waals surface area contributed by atoms with Crippen molar-refractivity contribution in [3.63, 3.8) is 0 Å². The Hall–Kier alpha value is -2.17. The van der Waals surface area contributed by atoms with Crippen molar-refractivity contribution < 1.29 is 13.9 Å². The van der Waals surface area contributed by atoms with E-state index in [4.69, 9.17) is 19.6 Å². The van der Waals surface area contributed by atoms with Gasteiger partial charge < -0.3 is 19.6 Å². The van der Waals surface area contributed by atoms with Crippen LogP contribution in [0.5, 0.6) is 11.5 Å². The van der Waals surface area contributed by atoms with E-state index in [-0.39, 0.29) is 12.8 Å². The number of aromatic nitrogens is 1. The van der Waals surface area contributed by atoms with Crippen LogP contribution in [0, 0.1) is 13.8 Å². The molecule has 1 aromatic carbocycles. The van der Waals surface area contributed by atoms with Crippen LogP contribution in [-0.2, 0) is 0 Å². The van der Waals surface area contributed by atoms with Crippen molar-refractivity contribution in [2.24, 2.45) is 0 Å². The molecule has 3 rings (SSSR count). The molecule has 0 amide bonds. The van der Waals surface area contributed by atoms with E-state index in [0.717, 1.165) is 28.3 Å². The Labute approximate surface area is 98.2 Å². The second kappa shape index (κ2) is 3.41. The van der Waals surface area contributed by atoms with Gasteiger partial charge in [0.25, 0.3) is 6.01 Å². The molecule has 2 N–H and O–H groups in total. The fraction of sp³-hybridized carbons (Fsp3) is 0.250. The lowest BCUT2D eigenvalue weighted by molar-refractivity contribution is 0.174. The van der Waals surface area contributed by atoms with Gasteiger partial charge in [0, 0.05) is 5.56 Å². The molecule has 0 unspecified atom stereocenters. The molecule has 1 aromatic heterocycles. The van der Waals surface area contributed by atoms with Gasteiger partial charge in [0.2, 0.25) is 6.79 Å². The van der Waals surface area contributed by atoms with E-state index in [9.17, 15) is 0 Å². The number of benzene rings is 1. The summed E-state index contributed by atoms with van der Waals surface area (Å²) >= 11 is 0. The molecule has 88 valence electrons. The second-order valence-corrected chi connectivity index (χ2v) is 3.98. The van der Waals surface area contributed by atoms with Crippen LogP contribution >= 0.6 is 0 Å². The van der Waals surface area contributed by atoms with E-state index < -0.39 is 0 Å². The number of hydrogen-bond donors (Lipinski definition) is 1. The first kappa shape index (κ1) is 10.0. The number of nitrogens with zero attached hydrogens (tertiary/aromatic N) is 1. The van der Waals surface area contributed by atoms with E-state index in [1.165, 1.54) is 0 Å². The van der Waals surface area contributed by atoms with Crippen molar-refractivity contribution >= 4 is 6.01 Å². The molecule has 5 nitrogen and oxygen atoms in total. The van der Waals surface area contributed by atoms with Crippen LogP contribution in [0.2, 0.25) is 0 Å². The summed E-state index contributed by atoms with van der Waals surface area (Å²) in [5.41, 5.74) is 8.29. The van der Waals surface area contributed by atoms with Crippen molar-refractivity contribution in [3.05, 3.63) is 23.5 Å². The molecule has 2 aromatic rings. The highest BCUT2D eigenvalue weighted by atomic mass is 16.7. The molecule has 0 radical (unpaired) electrons. The molecule has 17 heavy (non-hydrogen) atoms. The number of anilines is 1. The summed E-state index contributed by atoms with van der Waals surface area (Å²) in [6, 6.07) is 4.01. The summed E-state index contributed by atoms with van der Waals surface area (Å²) in [6.45, 7) is 4.09. The Bertz CT molecular complexity index is 590. The first-order valence-electron chi connectivity index (χ1n) is 5.28. The van der Waals surface area contributed by atoms with Gasteiger partial charge in [0.15, 0.2) is 11.5 Å². The van der Waals surface area contributed by atoms with Crippen LogP contribution in [0.3, 0.4) is 0 Å². The minimum Gasteiger partial charge on any atom is -0.454 e. The fourth-order valence-electron chi connectivity index (χ4n) is 1.97. The quantitative estimate of drug-likeness (QED) is 0.816. The van der Waals surface area contributed by atoms with Crippen molar-refractivity contribution in [2.75, 3.05) is 12.5 Å². The predicted octanol–water partition coefficient (Wildman–Crippen LogP) is 2.27. The molecule has 0 atom stereocenters. The van der Waals surface area contributed by atoms with Gasteiger partial charge in [-0.15, -0.1) is 0 Å². The Morgan fingerprint density at radius 2 is 1.88 bits per heavy atom. The lowest BCUT2D eigenvalue weighted by Gasteiger charge is -2.05. The van der Waals surface area contributed by atoms with E-state index in [2.05, 4.69) is 4.98 Å². The first-order valence-corrected chi connectivity index (χ1v) is 5.28. The smallest absolute Gasteiger partial charge is 0.292 e. The van der Waals surface area contributed by atoms with Crippen LogP contribution in [0.15, 0.2) is 16.5 Å². The predicted molar refractivity (Wildman–Crippen MR) is 61.9 cm³/mol. The maximum Gasteiger partial charge on any atom is 0.292 e. The fourth-order valence-corrected chi connectivity index (χ4v) is 1.97. The average molecular weight is 232 g/mol. The number of nitrogen functional groups attached to an aromatic ring is 1. The minimum absolute atomic E-state index is 0.176. The summed E-state index contributed by atoms with van der Waals surface area (Å²) in [6.07, 6.45) is 0. The third kappa shape index (κ3) is 1.51. The Morgan fingerprint density at radius 3 is 2.53 bits per heavy atom. The van der Waals surface area contributed by atoms with Crippen molar-refractivity contribution in [1.29, 1.82) is 0 Å². The summed E-state index contributed by atoms with van der Waals surface area (Å²) in [4.78, 5) is 4.18. The molecule has 0 fully saturated rings. The van der Waals surface area contributed by atoms with Crippen LogP contribution in [0.4, 0.5) is 6.01 Å². The van der Waals surface area contributed by atoms with Crippen molar-refractivity contribution in [3.8, 4) is 22.8 Å². The highest BCUT2D eigenvalue weighted by Crippen LogP contribution is 2.39. The highest BCUT2D eigenvalue weighted by Gasteiger charge is 2.19. The number of nitrogens with two attached hydrogens (primary N) is 1. The monoisotopic (exact) mass is 232 g/mol. The van der Waals surface area contributed by atoms with Crippen LogP contribution in [-0.4, -0.2) is 11.8 Å². The average Bonchev–Trinajstić information content (AvgIpc) is 2.83. The maximum absolute atomic E-state index is 5.55. The second-order valence-electron chi connectivity index (χ2n) is 3.98. The van der Waals surface area contributed by atoms with Gasteiger partial charge in [0.05, 0.1) is 0 Å². The molecule has 5 heteroatoms.